The Balaban J connectivity index is 1.95. The summed E-state index contributed by atoms with van der Waals surface area (Å²) >= 11 is 0. The third-order valence-electron chi connectivity index (χ3n) is 4.39. The van der Waals surface area contributed by atoms with Crippen LogP contribution in [0, 0.1) is 11.3 Å². The number of anilines is 1. The summed E-state index contributed by atoms with van der Waals surface area (Å²) in [7, 11) is 0. The summed E-state index contributed by atoms with van der Waals surface area (Å²) in [4.78, 5) is 30.1. The maximum atomic E-state index is 12.4. The van der Waals surface area contributed by atoms with E-state index in [2.05, 4.69) is 17.9 Å². The molecule has 6 nitrogen and oxygen atoms in total. The Morgan fingerprint density at radius 1 is 1.25 bits per heavy atom. The molecule has 24 heavy (non-hydrogen) atoms. The molecule has 0 unspecified atom stereocenters. The molecule has 1 aromatic carbocycles. The molecule has 128 valence electrons. The van der Waals surface area contributed by atoms with E-state index >= 15 is 0 Å². The van der Waals surface area contributed by atoms with Crippen molar-refractivity contribution in [1.82, 2.24) is 9.80 Å². The summed E-state index contributed by atoms with van der Waals surface area (Å²) in [6.07, 6.45) is 0.294. The van der Waals surface area contributed by atoms with Crippen LogP contribution >= 0.6 is 0 Å². The first-order valence-corrected chi connectivity index (χ1v) is 8.33. The fourth-order valence-corrected chi connectivity index (χ4v) is 2.89. The summed E-state index contributed by atoms with van der Waals surface area (Å²) in [6, 6.07) is 8.97. The minimum atomic E-state index is -0.131. The van der Waals surface area contributed by atoms with Gasteiger partial charge in [0.2, 0.25) is 11.8 Å². The van der Waals surface area contributed by atoms with Crippen LogP contribution < -0.4 is 4.90 Å². The summed E-state index contributed by atoms with van der Waals surface area (Å²) in [6.45, 7) is 8.24. The number of amides is 2. The molecular formula is C18H24N4O2. The monoisotopic (exact) mass is 328 g/mol. The average Bonchev–Trinajstić information content (AvgIpc) is 2.61. The molecule has 1 fully saturated rings. The lowest BCUT2D eigenvalue weighted by Gasteiger charge is -2.34. The molecule has 0 radical (unpaired) electrons. The highest BCUT2D eigenvalue weighted by Gasteiger charge is 2.21. The lowest BCUT2D eigenvalue weighted by Crippen LogP contribution is -2.49. The van der Waals surface area contributed by atoms with Crippen LogP contribution in [0.5, 0.6) is 0 Å². The number of carbonyl (C=O) groups excluding carboxylic acids is 2. The van der Waals surface area contributed by atoms with Gasteiger partial charge in [-0.15, -0.1) is 0 Å². The fraction of sp³-hybridized carbons (Fsp3) is 0.500. The highest BCUT2D eigenvalue weighted by molar-refractivity contribution is 5.92. The van der Waals surface area contributed by atoms with Gasteiger partial charge in [-0.1, -0.05) is 13.0 Å². The zero-order valence-electron chi connectivity index (χ0n) is 14.4. The number of nitrogens with zero attached hydrogens (tertiary/aromatic N) is 4. The zero-order chi connectivity index (χ0) is 17.5. The Kier molecular flexibility index (Phi) is 6.33. The van der Waals surface area contributed by atoms with Gasteiger partial charge in [0.1, 0.15) is 0 Å². The number of hydrogen-bond acceptors (Lipinski definition) is 4. The van der Waals surface area contributed by atoms with Crippen molar-refractivity contribution in [2.24, 2.45) is 0 Å². The smallest absolute Gasteiger partial charge is 0.224 e. The molecule has 2 amide bonds. The van der Waals surface area contributed by atoms with Crippen molar-refractivity contribution in [3.05, 3.63) is 29.8 Å². The second-order valence-corrected chi connectivity index (χ2v) is 5.90. The van der Waals surface area contributed by atoms with Gasteiger partial charge in [-0.2, -0.15) is 5.26 Å². The van der Waals surface area contributed by atoms with Crippen LogP contribution in [0.1, 0.15) is 25.8 Å². The number of benzene rings is 1. The lowest BCUT2D eigenvalue weighted by atomic mass is 10.2. The Hall–Kier alpha value is -2.39. The molecule has 6 heteroatoms. The summed E-state index contributed by atoms with van der Waals surface area (Å²) in [5.41, 5.74) is 1.16. The van der Waals surface area contributed by atoms with E-state index in [1.807, 2.05) is 4.90 Å². The molecule has 0 spiro atoms. The van der Waals surface area contributed by atoms with Crippen molar-refractivity contribution in [3.8, 4) is 6.07 Å². The molecule has 1 heterocycles. The minimum Gasteiger partial charge on any atom is -0.340 e. The van der Waals surface area contributed by atoms with E-state index < -0.39 is 0 Å². The third kappa shape index (κ3) is 4.56. The number of carbonyl (C=O) groups is 2. The SMILES string of the molecule is CCN1CCN(C(=O)CCN(C(C)=O)c2cccc(C#N)c2)CC1. The van der Waals surface area contributed by atoms with Crippen molar-refractivity contribution in [1.29, 1.82) is 5.26 Å². The summed E-state index contributed by atoms with van der Waals surface area (Å²) in [5, 5.41) is 8.99. The number of nitriles is 1. The zero-order valence-corrected chi connectivity index (χ0v) is 14.4. The quantitative estimate of drug-likeness (QED) is 0.821. The molecule has 2 rings (SSSR count). The van der Waals surface area contributed by atoms with Crippen LogP contribution in [0.2, 0.25) is 0 Å². The highest BCUT2D eigenvalue weighted by Crippen LogP contribution is 2.17. The first kappa shape index (κ1) is 18.0. The predicted molar refractivity (Wildman–Crippen MR) is 92.5 cm³/mol. The molecule has 1 aromatic rings. The normalized spacial score (nSPS) is 15.0. The van der Waals surface area contributed by atoms with Gasteiger partial charge in [-0.25, -0.2) is 0 Å². The van der Waals surface area contributed by atoms with Gasteiger partial charge in [-0.3, -0.25) is 9.59 Å². The highest BCUT2D eigenvalue weighted by atomic mass is 16.2. The molecule has 0 aromatic heterocycles. The standard InChI is InChI=1S/C18H24N4O2/c1-3-20-9-11-21(12-10-20)18(24)7-8-22(15(2)23)17-6-4-5-16(13-17)14-19/h4-6,13H,3,7-12H2,1-2H3. The van der Waals surface area contributed by atoms with Crippen LogP contribution in [0.25, 0.3) is 0 Å². The number of piperazine rings is 1. The number of hydrogen-bond donors (Lipinski definition) is 0. The molecule has 0 N–H and O–H groups in total. The van der Waals surface area contributed by atoms with E-state index in [4.69, 9.17) is 5.26 Å². The van der Waals surface area contributed by atoms with Gasteiger partial charge >= 0.3 is 0 Å². The molecule has 0 atom stereocenters. The van der Waals surface area contributed by atoms with Crippen molar-refractivity contribution in [3.63, 3.8) is 0 Å². The Morgan fingerprint density at radius 2 is 1.96 bits per heavy atom. The van der Waals surface area contributed by atoms with Gasteiger partial charge in [0, 0.05) is 51.8 Å². The second-order valence-electron chi connectivity index (χ2n) is 5.90. The largest absolute Gasteiger partial charge is 0.340 e. The first-order chi connectivity index (χ1) is 11.5. The molecular weight excluding hydrogens is 304 g/mol. The maximum Gasteiger partial charge on any atom is 0.224 e. The van der Waals surface area contributed by atoms with Gasteiger partial charge in [0.15, 0.2) is 0 Å². The van der Waals surface area contributed by atoms with E-state index in [1.54, 1.807) is 29.2 Å². The predicted octanol–water partition coefficient (Wildman–Crippen LogP) is 1.47. The molecule has 0 saturated carbocycles. The average molecular weight is 328 g/mol. The summed E-state index contributed by atoms with van der Waals surface area (Å²) in [5.74, 6) is -0.0536. The third-order valence-corrected chi connectivity index (χ3v) is 4.39. The molecule has 1 aliphatic heterocycles. The van der Waals surface area contributed by atoms with Crippen LogP contribution in [-0.4, -0.2) is 60.9 Å². The van der Waals surface area contributed by atoms with E-state index in [9.17, 15) is 9.59 Å². The van der Waals surface area contributed by atoms with Crippen molar-refractivity contribution in [2.75, 3.05) is 44.2 Å². The van der Waals surface area contributed by atoms with Gasteiger partial charge in [-0.05, 0) is 24.7 Å². The maximum absolute atomic E-state index is 12.4. The second kappa shape index (κ2) is 8.46. The Bertz CT molecular complexity index is 630. The van der Waals surface area contributed by atoms with Crippen LogP contribution in [0.15, 0.2) is 24.3 Å². The Morgan fingerprint density at radius 3 is 2.54 bits per heavy atom. The minimum absolute atomic E-state index is 0.0773. The van der Waals surface area contributed by atoms with Crippen molar-refractivity contribution >= 4 is 17.5 Å². The van der Waals surface area contributed by atoms with Crippen LogP contribution in [0.4, 0.5) is 5.69 Å². The van der Waals surface area contributed by atoms with Crippen molar-refractivity contribution in [2.45, 2.75) is 20.3 Å². The van der Waals surface area contributed by atoms with E-state index in [0.29, 0.717) is 24.2 Å². The van der Waals surface area contributed by atoms with Crippen molar-refractivity contribution < 1.29 is 9.59 Å². The van der Waals surface area contributed by atoms with Gasteiger partial charge in [0.25, 0.3) is 0 Å². The fourth-order valence-electron chi connectivity index (χ4n) is 2.89. The summed E-state index contributed by atoms with van der Waals surface area (Å²) < 4.78 is 0. The topological polar surface area (TPSA) is 67.7 Å². The Labute approximate surface area is 143 Å². The van der Waals surface area contributed by atoms with Gasteiger partial charge < -0.3 is 14.7 Å². The van der Waals surface area contributed by atoms with Crippen LogP contribution in [-0.2, 0) is 9.59 Å². The molecule has 1 aliphatic rings. The van der Waals surface area contributed by atoms with Gasteiger partial charge in [0.05, 0.1) is 11.6 Å². The van der Waals surface area contributed by atoms with E-state index in [1.165, 1.54) is 6.92 Å². The first-order valence-electron chi connectivity index (χ1n) is 8.33. The number of likely N-dealkylation sites (N-methyl/N-ethyl adjacent to an activating group) is 1. The number of rotatable bonds is 5. The molecule has 0 aliphatic carbocycles. The molecule has 0 bridgehead atoms. The van der Waals surface area contributed by atoms with Crippen LogP contribution in [0.3, 0.4) is 0 Å². The lowest BCUT2D eigenvalue weighted by molar-refractivity contribution is -0.132. The van der Waals surface area contributed by atoms with E-state index in [0.717, 1.165) is 32.7 Å². The molecule has 1 saturated heterocycles. The van der Waals surface area contributed by atoms with E-state index in [-0.39, 0.29) is 11.8 Å².